The Bertz CT molecular complexity index is 2150. The molecule has 65 heavy (non-hydrogen) atoms. The van der Waals surface area contributed by atoms with Crippen LogP contribution in [0.15, 0.2) is 73.1 Å². The summed E-state index contributed by atoms with van der Waals surface area (Å²) in [4.78, 5) is 4.14. The minimum absolute atomic E-state index is 0.138. The third kappa shape index (κ3) is 12.3. The Hall–Kier alpha value is -3.10. The van der Waals surface area contributed by atoms with Crippen LogP contribution in [0, 0.1) is 0 Å². The molecule has 2 saturated heterocycles. The summed E-state index contributed by atoms with van der Waals surface area (Å²) in [6.07, 6.45) is 18.9. The Balaban J connectivity index is 0.955. The third-order valence-corrected chi connectivity index (χ3v) is 14.7. The second-order valence-electron chi connectivity index (χ2n) is 18.7. The number of phosphoric acid groups is 1. The van der Waals surface area contributed by atoms with Gasteiger partial charge in [0.05, 0.1) is 30.0 Å². The molecule has 3 fully saturated rings. The van der Waals surface area contributed by atoms with Gasteiger partial charge in [0, 0.05) is 6.61 Å². The fraction of sp³-hybridized carbons (Fsp3) is 0.640. The average molecular weight is 940 g/mol. The second kappa shape index (κ2) is 22.8. The molecule has 4 heterocycles. The van der Waals surface area contributed by atoms with Crippen molar-refractivity contribution >= 4 is 30.8 Å². The van der Waals surface area contributed by atoms with Crippen LogP contribution in [0.2, 0.25) is 5.02 Å². The number of para-hydroxylation sites is 1. The van der Waals surface area contributed by atoms with Gasteiger partial charge in [-0.3, -0.25) is 9.05 Å². The molecule has 2 aromatic heterocycles. The second-order valence-corrected chi connectivity index (χ2v) is 20.6. The highest BCUT2D eigenvalue weighted by atomic mass is 35.5. The van der Waals surface area contributed by atoms with Gasteiger partial charge in [-0.05, 0) is 63.9 Å². The summed E-state index contributed by atoms with van der Waals surface area (Å²) in [5.74, 6) is -0.561. The summed E-state index contributed by atoms with van der Waals surface area (Å²) in [5.41, 5.74) is 6.27. The highest BCUT2D eigenvalue weighted by Gasteiger charge is 2.88. The van der Waals surface area contributed by atoms with Crippen molar-refractivity contribution in [3.63, 3.8) is 0 Å². The first-order chi connectivity index (χ1) is 31.4. The first-order valence-electron chi connectivity index (χ1n) is 24.2. The molecule has 0 radical (unpaired) electrons. The van der Waals surface area contributed by atoms with Crippen LogP contribution in [-0.4, -0.2) is 69.7 Å². The fourth-order valence-corrected chi connectivity index (χ4v) is 11.1. The lowest BCUT2D eigenvalue weighted by Crippen LogP contribution is -2.45. The van der Waals surface area contributed by atoms with Crippen LogP contribution in [0.25, 0.3) is 5.52 Å². The fourth-order valence-electron chi connectivity index (χ4n) is 9.44. The zero-order chi connectivity index (χ0) is 45.9. The van der Waals surface area contributed by atoms with Gasteiger partial charge >= 0.3 is 7.82 Å². The number of ether oxygens (including phenoxy) is 5. The summed E-state index contributed by atoms with van der Waals surface area (Å²) in [6, 6.07) is 20.3. The molecule has 2 unspecified atom stereocenters. The number of nitrogen functional groups attached to an aromatic ring is 1. The van der Waals surface area contributed by atoms with Crippen molar-refractivity contribution < 1.29 is 41.8 Å². The molecule has 0 bridgehead atoms. The highest BCUT2D eigenvalue weighted by Crippen LogP contribution is 2.70. The number of hydrogen-bond donors (Lipinski definition) is 1. The van der Waals surface area contributed by atoms with E-state index in [1.165, 1.54) is 96.2 Å². The van der Waals surface area contributed by atoms with Crippen LogP contribution in [0.3, 0.4) is 0 Å². The van der Waals surface area contributed by atoms with Gasteiger partial charge in [-0.15, -0.1) is 0 Å². The quantitative estimate of drug-likeness (QED) is 0.0392. The van der Waals surface area contributed by atoms with Crippen LogP contribution in [0.5, 0.6) is 5.75 Å². The molecular weight excluding hydrogens is 867 g/mol. The molecule has 2 aliphatic heterocycles. The maximum Gasteiger partial charge on any atom is 0.530 e. The summed E-state index contributed by atoms with van der Waals surface area (Å²) in [6.45, 7) is 10.5. The number of fused-ring (bicyclic) bond motifs is 1. The number of aromatic nitrogens is 3. The standard InChI is InChI=1S/C50H72ClN4O9P/c1-6-7-8-9-10-11-12-13-14-15-16-17-18-19-20-26-33-57-37(2)42(58-34-38-27-22-21-23-28-38)35-59-65(56,62-41-30-25-24-29-39(41)51)63-45-44-50(45)47(61-48(3,4)64-50)49(5,60-44)43-32-31-40-46(52)53-36-54-55(40)43/h21-25,27-32,36-37,42,44-45,47H,6-20,26,33-35H2,1-5H3,(H2,52,53,54)/t37-,42-,44+,45?,47-,49-,50-,65?/m0/s1. The molecule has 13 nitrogen and oxygen atoms in total. The van der Waals surface area contributed by atoms with E-state index in [0.29, 0.717) is 30.2 Å². The number of nitrogens with zero attached hydrogens (tertiary/aromatic N) is 3. The lowest BCUT2D eigenvalue weighted by atomic mass is 9.91. The Kier molecular flexibility index (Phi) is 17.5. The molecule has 3 aliphatic rings. The number of phosphoric ester groups is 1. The van der Waals surface area contributed by atoms with Gasteiger partial charge < -0.3 is 33.9 Å². The number of rotatable bonds is 30. The Morgan fingerprint density at radius 3 is 2.11 bits per heavy atom. The summed E-state index contributed by atoms with van der Waals surface area (Å²) >= 11 is 6.56. The topological polar surface area (TPSA) is 147 Å². The Morgan fingerprint density at radius 2 is 1.45 bits per heavy atom. The number of unbranched alkanes of at least 4 members (excludes halogenated alkanes) is 15. The van der Waals surface area contributed by atoms with Crippen LogP contribution in [0.4, 0.5) is 5.82 Å². The highest BCUT2D eigenvalue weighted by molar-refractivity contribution is 7.49. The average Bonchev–Trinajstić information content (AvgIpc) is 3.60. The monoisotopic (exact) mass is 938 g/mol. The van der Waals surface area contributed by atoms with Gasteiger partial charge in [0.15, 0.2) is 17.2 Å². The zero-order valence-electron chi connectivity index (χ0n) is 39.2. The normalized spacial score (nSPS) is 25.0. The van der Waals surface area contributed by atoms with E-state index in [0.717, 1.165) is 18.4 Å². The first kappa shape index (κ1) is 49.8. The number of nitrogens with two attached hydrogens (primary N) is 1. The lowest BCUT2D eigenvalue weighted by Gasteiger charge is -2.33. The molecule has 15 heteroatoms. The van der Waals surface area contributed by atoms with Crippen LogP contribution in [0.1, 0.15) is 149 Å². The molecule has 1 spiro atoms. The molecule has 0 amide bonds. The largest absolute Gasteiger partial charge is 0.530 e. The van der Waals surface area contributed by atoms with Gasteiger partial charge in [-0.2, -0.15) is 5.10 Å². The number of halogens is 1. The zero-order valence-corrected chi connectivity index (χ0v) is 40.8. The maximum atomic E-state index is 15.1. The molecule has 358 valence electrons. The molecule has 4 aromatic rings. The minimum atomic E-state index is -4.49. The van der Waals surface area contributed by atoms with Crippen LogP contribution >= 0.6 is 19.4 Å². The number of hydrogen-bond acceptors (Lipinski definition) is 12. The smallest absolute Gasteiger partial charge is 0.402 e. The van der Waals surface area contributed by atoms with E-state index in [9.17, 15) is 0 Å². The van der Waals surface area contributed by atoms with Gasteiger partial charge in [0.2, 0.25) is 0 Å². The number of benzene rings is 2. The summed E-state index contributed by atoms with van der Waals surface area (Å²) in [5, 5.41) is 4.70. The van der Waals surface area contributed by atoms with Gasteiger partial charge in [-0.1, -0.05) is 157 Å². The van der Waals surface area contributed by atoms with Crippen molar-refractivity contribution in [2.24, 2.45) is 0 Å². The molecule has 8 atom stereocenters. The molecule has 2 N–H and O–H groups in total. The van der Waals surface area contributed by atoms with Crippen LogP contribution < -0.4 is 10.3 Å². The van der Waals surface area contributed by atoms with E-state index in [1.54, 1.807) is 28.8 Å². The predicted octanol–water partition coefficient (Wildman–Crippen LogP) is 12.3. The van der Waals surface area contributed by atoms with Crippen molar-refractivity contribution in [3.05, 3.63) is 89.3 Å². The Morgan fingerprint density at radius 1 is 0.815 bits per heavy atom. The van der Waals surface area contributed by atoms with Gasteiger partial charge in [0.1, 0.15) is 47.6 Å². The van der Waals surface area contributed by atoms with Crippen molar-refractivity contribution in [1.29, 1.82) is 0 Å². The van der Waals surface area contributed by atoms with E-state index >= 15 is 4.57 Å². The van der Waals surface area contributed by atoms with Crippen molar-refractivity contribution in [2.75, 3.05) is 18.9 Å². The molecule has 2 aromatic carbocycles. The van der Waals surface area contributed by atoms with E-state index in [-0.39, 0.29) is 17.4 Å². The van der Waals surface area contributed by atoms with Crippen LogP contribution in [-0.2, 0) is 49.5 Å². The summed E-state index contributed by atoms with van der Waals surface area (Å²) in [7, 11) is -4.49. The van der Waals surface area contributed by atoms with Crippen molar-refractivity contribution in [1.82, 2.24) is 14.6 Å². The van der Waals surface area contributed by atoms with Crippen molar-refractivity contribution in [3.8, 4) is 5.75 Å². The van der Waals surface area contributed by atoms with Gasteiger partial charge in [0.25, 0.3) is 0 Å². The van der Waals surface area contributed by atoms with E-state index in [1.807, 2.05) is 70.2 Å². The first-order valence-corrected chi connectivity index (χ1v) is 26.0. The van der Waals surface area contributed by atoms with Gasteiger partial charge in [-0.25, -0.2) is 14.1 Å². The number of anilines is 1. The third-order valence-electron chi connectivity index (χ3n) is 13.0. The van der Waals surface area contributed by atoms with E-state index < -0.39 is 55.3 Å². The molecule has 1 aliphatic carbocycles. The maximum absolute atomic E-state index is 15.1. The predicted molar refractivity (Wildman–Crippen MR) is 253 cm³/mol. The minimum Gasteiger partial charge on any atom is -0.402 e. The van der Waals surface area contributed by atoms with Crippen molar-refractivity contribution in [2.45, 2.75) is 191 Å². The SMILES string of the molecule is CCCCCCCCCCCCCCCCCCO[C@@H](C)[C@H](COP(=O)(Oc1ccccc1Cl)OC1[C@H]2O[C@@](C)(c3ccc4c(N)ncnn34)[C@@H]3OC(C)(C)O[C@]123)OCc1ccccc1. The van der Waals surface area contributed by atoms with E-state index in [4.69, 9.17) is 54.6 Å². The molecular formula is C50H72ClN4O9P. The summed E-state index contributed by atoms with van der Waals surface area (Å²) < 4.78 is 68.4. The lowest BCUT2D eigenvalue weighted by molar-refractivity contribution is -0.196. The molecule has 7 rings (SSSR count). The molecule has 1 saturated carbocycles. The van der Waals surface area contributed by atoms with E-state index in [2.05, 4.69) is 17.0 Å². The Labute approximate surface area is 391 Å².